The van der Waals surface area contributed by atoms with E-state index in [1.165, 1.54) is 0 Å². The van der Waals surface area contributed by atoms with Gasteiger partial charge in [-0.3, -0.25) is 14.4 Å². The number of hydrogen-bond acceptors (Lipinski definition) is 3. The van der Waals surface area contributed by atoms with E-state index in [0.717, 1.165) is 0 Å². The first kappa shape index (κ1) is 16.5. The SMILES string of the molecule is CC(C)C[C@@H]1NC(=O)[C@H]2CN(C(=O)c3ccccc3)CCN2C1=O. The lowest BCUT2D eigenvalue weighted by Gasteiger charge is -2.45. The molecule has 6 nitrogen and oxygen atoms in total. The summed E-state index contributed by atoms with van der Waals surface area (Å²) in [7, 11) is 0. The van der Waals surface area contributed by atoms with Crippen LogP contribution in [0, 0.1) is 5.92 Å². The average Bonchev–Trinajstić information content (AvgIpc) is 2.58. The van der Waals surface area contributed by atoms with E-state index in [1.807, 2.05) is 32.0 Å². The number of benzene rings is 1. The third-order valence-electron chi connectivity index (χ3n) is 4.60. The topological polar surface area (TPSA) is 69.7 Å². The van der Waals surface area contributed by atoms with Crippen LogP contribution in [0.3, 0.4) is 0 Å². The summed E-state index contributed by atoms with van der Waals surface area (Å²) >= 11 is 0. The quantitative estimate of drug-likeness (QED) is 0.895. The molecule has 0 saturated carbocycles. The molecule has 0 aliphatic carbocycles. The van der Waals surface area contributed by atoms with Crippen molar-refractivity contribution < 1.29 is 14.4 Å². The van der Waals surface area contributed by atoms with Crippen LogP contribution in [0.5, 0.6) is 0 Å². The Hall–Kier alpha value is -2.37. The molecule has 2 atom stereocenters. The van der Waals surface area contributed by atoms with Crippen molar-refractivity contribution >= 4 is 17.7 Å². The molecule has 3 amide bonds. The van der Waals surface area contributed by atoms with Gasteiger partial charge < -0.3 is 15.1 Å². The monoisotopic (exact) mass is 329 g/mol. The van der Waals surface area contributed by atoms with Gasteiger partial charge in [0.05, 0.1) is 6.54 Å². The van der Waals surface area contributed by atoms with Gasteiger partial charge in [-0.1, -0.05) is 32.0 Å². The first-order valence-corrected chi connectivity index (χ1v) is 8.42. The highest BCUT2D eigenvalue weighted by Gasteiger charge is 2.44. The number of carbonyl (C=O) groups excluding carboxylic acids is 3. The maximum atomic E-state index is 12.6. The van der Waals surface area contributed by atoms with E-state index in [1.54, 1.807) is 21.9 Å². The Balaban J connectivity index is 1.72. The third kappa shape index (κ3) is 3.13. The van der Waals surface area contributed by atoms with E-state index in [0.29, 0.717) is 31.0 Å². The van der Waals surface area contributed by atoms with Crippen LogP contribution in [0.1, 0.15) is 30.6 Å². The van der Waals surface area contributed by atoms with Crippen LogP contribution in [-0.4, -0.2) is 59.2 Å². The maximum absolute atomic E-state index is 12.6. The Morgan fingerprint density at radius 2 is 1.92 bits per heavy atom. The highest BCUT2D eigenvalue weighted by Crippen LogP contribution is 2.20. The molecule has 0 bridgehead atoms. The molecule has 0 aromatic heterocycles. The van der Waals surface area contributed by atoms with E-state index in [2.05, 4.69) is 5.32 Å². The third-order valence-corrected chi connectivity index (χ3v) is 4.60. The second kappa shape index (κ2) is 6.63. The van der Waals surface area contributed by atoms with E-state index >= 15 is 0 Å². The van der Waals surface area contributed by atoms with Gasteiger partial charge in [0.2, 0.25) is 11.8 Å². The number of nitrogens with zero attached hydrogens (tertiary/aromatic N) is 2. The fourth-order valence-electron chi connectivity index (χ4n) is 3.38. The van der Waals surface area contributed by atoms with Crippen molar-refractivity contribution in [3.63, 3.8) is 0 Å². The predicted molar refractivity (Wildman–Crippen MR) is 89.2 cm³/mol. The summed E-state index contributed by atoms with van der Waals surface area (Å²) in [5, 5.41) is 2.83. The molecule has 2 heterocycles. The number of rotatable bonds is 3. The van der Waals surface area contributed by atoms with Crippen LogP contribution < -0.4 is 5.32 Å². The smallest absolute Gasteiger partial charge is 0.253 e. The van der Waals surface area contributed by atoms with Gasteiger partial charge in [-0.05, 0) is 24.5 Å². The minimum Gasteiger partial charge on any atom is -0.342 e. The molecule has 3 rings (SSSR count). The van der Waals surface area contributed by atoms with Crippen molar-refractivity contribution in [1.29, 1.82) is 0 Å². The molecule has 2 saturated heterocycles. The summed E-state index contributed by atoms with van der Waals surface area (Å²) < 4.78 is 0. The Morgan fingerprint density at radius 1 is 1.21 bits per heavy atom. The molecule has 1 aromatic carbocycles. The van der Waals surface area contributed by atoms with Crippen molar-refractivity contribution in [3.05, 3.63) is 35.9 Å². The molecule has 0 unspecified atom stereocenters. The fraction of sp³-hybridized carbons (Fsp3) is 0.500. The molecule has 128 valence electrons. The summed E-state index contributed by atoms with van der Waals surface area (Å²) in [4.78, 5) is 40.9. The van der Waals surface area contributed by atoms with E-state index in [4.69, 9.17) is 0 Å². The molecule has 2 aliphatic rings. The van der Waals surface area contributed by atoms with Crippen LogP contribution in [0.25, 0.3) is 0 Å². The van der Waals surface area contributed by atoms with Gasteiger partial charge in [0.15, 0.2) is 0 Å². The zero-order valence-corrected chi connectivity index (χ0v) is 14.1. The van der Waals surface area contributed by atoms with Gasteiger partial charge in [0, 0.05) is 18.7 Å². The first-order chi connectivity index (χ1) is 11.5. The van der Waals surface area contributed by atoms with Crippen LogP contribution in [0.2, 0.25) is 0 Å². The fourth-order valence-corrected chi connectivity index (χ4v) is 3.38. The Bertz CT molecular complexity index is 644. The standard InChI is InChI=1S/C18H23N3O3/c1-12(2)10-14-18(24)21-9-8-20(11-15(21)16(22)19-14)17(23)13-6-4-3-5-7-13/h3-7,12,14-15H,8-11H2,1-2H3,(H,19,22)/t14-,15+/m0/s1. The second-order valence-corrected chi connectivity index (χ2v) is 6.86. The highest BCUT2D eigenvalue weighted by atomic mass is 16.2. The van der Waals surface area contributed by atoms with Crippen LogP contribution in [0.4, 0.5) is 0 Å². The molecular formula is C18H23N3O3. The van der Waals surface area contributed by atoms with E-state index in [9.17, 15) is 14.4 Å². The van der Waals surface area contributed by atoms with Crippen molar-refractivity contribution in [1.82, 2.24) is 15.1 Å². The summed E-state index contributed by atoms with van der Waals surface area (Å²) in [5.74, 6) is 0.0440. The van der Waals surface area contributed by atoms with Crippen molar-refractivity contribution in [2.45, 2.75) is 32.4 Å². The maximum Gasteiger partial charge on any atom is 0.253 e. The summed E-state index contributed by atoms with van der Waals surface area (Å²) in [6, 6.07) is 8.00. The number of nitrogens with one attached hydrogen (secondary N) is 1. The van der Waals surface area contributed by atoms with E-state index < -0.39 is 12.1 Å². The number of carbonyl (C=O) groups is 3. The molecule has 1 N–H and O–H groups in total. The number of piperazine rings is 2. The molecular weight excluding hydrogens is 306 g/mol. The second-order valence-electron chi connectivity index (χ2n) is 6.86. The number of fused-ring (bicyclic) bond motifs is 1. The number of amides is 3. The van der Waals surface area contributed by atoms with Crippen LogP contribution in [0.15, 0.2) is 30.3 Å². The molecule has 0 radical (unpaired) electrons. The lowest BCUT2D eigenvalue weighted by molar-refractivity contribution is -0.152. The van der Waals surface area contributed by atoms with Crippen LogP contribution >= 0.6 is 0 Å². The summed E-state index contributed by atoms with van der Waals surface area (Å²) in [5.41, 5.74) is 0.603. The lowest BCUT2D eigenvalue weighted by Crippen LogP contribution is -2.69. The van der Waals surface area contributed by atoms with Crippen LogP contribution in [-0.2, 0) is 9.59 Å². The van der Waals surface area contributed by atoms with Crippen molar-refractivity contribution in [3.8, 4) is 0 Å². The minimum atomic E-state index is -0.581. The zero-order chi connectivity index (χ0) is 17.3. The summed E-state index contributed by atoms with van der Waals surface area (Å²) in [6.07, 6.45) is 0.639. The largest absolute Gasteiger partial charge is 0.342 e. The molecule has 24 heavy (non-hydrogen) atoms. The Morgan fingerprint density at radius 3 is 2.58 bits per heavy atom. The predicted octanol–water partition coefficient (Wildman–Crippen LogP) is 0.884. The summed E-state index contributed by atoms with van der Waals surface area (Å²) in [6.45, 7) is 5.17. The molecule has 2 fully saturated rings. The van der Waals surface area contributed by atoms with Gasteiger partial charge in [-0.2, -0.15) is 0 Å². The molecule has 6 heteroatoms. The zero-order valence-electron chi connectivity index (χ0n) is 14.1. The average molecular weight is 329 g/mol. The molecule has 2 aliphatic heterocycles. The molecule has 0 spiro atoms. The van der Waals surface area contributed by atoms with Gasteiger partial charge in [0.1, 0.15) is 12.1 Å². The van der Waals surface area contributed by atoms with Crippen molar-refractivity contribution in [2.75, 3.05) is 19.6 Å². The van der Waals surface area contributed by atoms with Gasteiger partial charge in [-0.25, -0.2) is 0 Å². The Labute approximate surface area is 141 Å². The minimum absolute atomic E-state index is 0.0277. The number of hydrogen-bond donors (Lipinski definition) is 1. The Kier molecular flexibility index (Phi) is 4.55. The van der Waals surface area contributed by atoms with Gasteiger partial charge >= 0.3 is 0 Å². The van der Waals surface area contributed by atoms with Crippen molar-refractivity contribution in [2.24, 2.45) is 5.92 Å². The van der Waals surface area contributed by atoms with Gasteiger partial charge in [-0.15, -0.1) is 0 Å². The van der Waals surface area contributed by atoms with E-state index in [-0.39, 0.29) is 24.3 Å². The lowest BCUT2D eigenvalue weighted by atomic mass is 9.97. The normalized spacial score (nSPS) is 24.0. The van der Waals surface area contributed by atoms with Gasteiger partial charge in [0.25, 0.3) is 5.91 Å². The highest BCUT2D eigenvalue weighted by molar-refractivity contribution is 5.99. The first-order valence-electron chi connectivity index (χ1n) is 8.42. The molecule has 1 aromatic rings.